The SMILES string of the molecule is Cc1nc(Cl)nc(NCc2cnc[nH]2)c1[N+](=O)[O-]. The lowest BCUT2D eigenvalue weighted by Gasteiger charge is -2.06. The van der Waals surface area contributed by atoms with Crippen LogP contribution in [-0.4, -0.2) is 24.9 Å². The van der Waals surface area contributed by atoms with E-state index in [9.17, 15) is 10.1 Å². The van der Waals surface area contributed by atoms with Crippen molar-refractivity contribution in [2.75, 3.05) is 5.32 Å². The fourth-order valence-corrected chi connectivity index (χ4v) is 1.65. The Morgan fingerprint density at radius 1 is 1.56 bits per heavy atom. The number of aromatic amines is 1. The van der Waals surface area contributed by atoms with Crippen molar-refractivity contribution in [2.24, 2.45) is 0 Å². The molecule has 0 aliphatic heterocycles. The first-order chi connectivity index (χ1) is 8.58. The summed E-state index contributed by atoms with van der Waals surface area (Å²) in [4.78, 5) is 24.7. The van der Waals surface area contributed by atoms with Crippen molar-refractivity contribution < 1.29 is 4.92 Å². The van der Waals surface area contributed by atoms with Gasteiger partial charge in [-0.2, -0.15) is 4.98 Å². The van der Waals surface area contributed by atoms with E-state index >= 15 is 0 Å². The number of H-pyrrole nitrogens is 1. The molecule has 0 amide bonds. The Labute approximate surface area is 107 Å². The number of nitrogens with zero attached hydrogens (tertiary/aromatic N) is 4. The van der Waals surface area contributed by atoms with Gasteiger partial charge in [0.2, 0.25) is 11.1 Å². The molecule has 0 radical (unpaired) electrons. The Morgan fingerprint density at radius 3 is 2.94 bits per heavy atom. The van der Waals surface area contributed by atoms with Crippen molar-refractivity contribution in [1.82, 2.24) is 19.9 Å². The molecule has 0 spiro atoms. The molecule has 0 fully saturated rings. The predicted octanol–water partition coefficient (Wildman–Crippen LogP) is 1.68. The van der Waals surface area contributed by atoms with Crippen LogP contribution in [-0.2, 0) is 6.54 Å². The Balaban J connectivity index is 2.28. The molecular weight excluding hydrogens is 260 g/mol. The predicted molar refractivity (Wildman–Crippen MR) is 64.3 cm³/mol. The first kappa shape index (κ1) is 12.2. The Morgan fingerprint density at radius 2 is 2.33 bits per heavy atom. The minimum atomic E-state index is -0.541. The van der Waals surface area contributed by atoms with E-state index < -0.39 is 4.92 Å². The summed E-state index contributed by atoms with van der Waals surface area (Å²) in [5.74, 6) is 0.0899. The van der Waals surface area contributed by atoms with Gasteiger partial charge in [-0.3, -0.25) is 10.1 Å². The summed E-state index contributed by atoms with van der Waals surface area (Å²) in [6.07, 6.45) is 3.12. The van der Waals surface area contributed by atoms with E-state index in [-0.39, 0.29) is 22.5 Å². The van der Waals surface area contributed by atoms with Crippen LogP contribution in [0.3, 0.4) is 0 Å². The molecule has 2 rings (SSSR count). The van der Waals surface area contributed by atoms with Crippen molar-refractivity contribution in [3.8, 4) is 0 Å². The first-order valence-electron chi connectivity index (χ1n) is 4.97. The molecular formula is C9H9ClN6O2. The van der Waals surface area contributed by atoms with Crippen LogP contribution in [0.2, 0.25) is 5.28 Å². The molecule has 9 heteroatoms. The molecule has 0 aromatic carbocycles. The van der Waals surface area contributed by atoms with Gasteiger partial charge in [0.1, 0.15) is 5.69 Å². The lowest BCUT2D eigenvalue weighted by Crippen LogP contribution is -2.07. The fourth-order valence-electron chi connectivity index (χ4n) is 1.44. The number of rotatable bonds is 4. The average molecular weight is 269 g/mol. The van der Waals surface area contributed by atoms with Gasteiger partial charge in [-0.05, 0) is 18.5 Å². The van der Waals surface area contributed by atoms with Crippen molar-refractivity contribution in [1.29, 1.82) is 0 Å². The highest BCUT2D eigenvalue weighted by Crippen LogP contribution is 2.26. The molecule has 2 N–H and O–H groups in total. The van der Waals surface area contributed by atoms with E-state index in [1.54, 1.807) is 6.20 Å². The molecule has 0 aliphatic carbocycles. The highest BCUT2D eigenvalue weighted by molar-refractivity contribution is 6.28. The van der Waals surface area contributed by atoms with Crippen LogP contribution in [0.25, 0.3) is 0 Å². The topological polar surface area (TPSA) is 110 Å². The third kappa shape index (κ3) is 2.54. The second kappa shape index (κ2) is 4.96. The summed E-state index contributed by atoms with van der Waals surface area (Å²) in [5.41, 5.74) is 0.808. The Kier molecular flexibility index (Phi) is 3.38. The number of imidazole rings is 1. The quantitative estimate of drug-likeness (QED) is 0.496. The molecule has 0 aliphatic rings. The monoisotopic (exact) mass is 268 g/mol. The summed E-state index contributed by atoms with van der Waals surface area (Å²) >= 11 is 5.68. The van der Waals surface area contributed by atoms with Gasteiger partial charge in [0.05, 0.1) is 23.5 Å². The van der Waals surface area contributed by atoms with Gasteiger partial charge >= 0.3 is 5.69 Å². The number of halogens is 1. The molecule has 18 heavy (non-hydrogen) atoms. The van der Waals surface area contributed by atoms with Gasteiger partial charge in [0.25, 0.3) is 0 Å². The maximum Gasteiger partial charge on any atom is 0.332 e. The largest absolute Gasteiger partial charge is 0.359 e. The normalized spacial score (nSPS) is 10.3. The van der Waals surface area contributed by atoms with Crippen LogP contribution in [0.1, 0.15) is 11.4 Å². The third-order valence-corrected chi connectivity index (χ3v) is 2.38. The first-order valence-corrected chi connectivity index (χ1v) is 5.35. The average Bonchev–Trinajstić information content (AvgIpc) is 2.77. The van der Waals surface area contributed by atoms with Gasteiger partial charge in [0.15, 0.2) is 0 Å². The summed E-state index contributed by atoms with van der Waals surface area (Å²) in [5, 5.41) is 13.7. The highest BCUT2D eigenvalue weighted by atomic mass is 35.5. The molecule has 2 aromatic heterocycles. The number of anilines is 1. The van der Waals surface area contributed by atoms with Gasteiger partial charge in [-0.1, -0.05) is 0 Å². The molecule has 0 unspecified atom stereocenters. The van der Waals surface area contributed by atoms with Crippen LogP contribution in [0, 0.1) is 17.0 Å². The van der Waals surface area contributed by atoms with E-state index in [1.165, 1.54) is 13.3 Å². The number of aromatic nitrogens is 4. The number of nitrogens with one attached hydrogen (secondary N) is 2. The molecule has 0 bridgehead atoms. The maximum atomic E-state index is 10.9. The van der Waals surface area contributed by atoms with E-state index in [0.717, 1.165) is 5.69 Å². The zero-order valence-corrected chi connectivity index (χ0v) is 10.1. The smallest absolute Gasteiger partial charge is 0.332 e. The lowest BCUT2D eigenvalue weighted by molar-refractivity contribution is -0.385. The minimum absolute atomic E-state index is 0.0368. The van der Waals surface area contributed by atoms with Crippen molar-refractivity contribution in [3.05, 3.63) is 39.3 Å². The van der Waals surface area contributed by atoms with Crippen molar-refractivity contribution in [2.45, 2.75) is 13.5 Å². The number of hydrogen-bond acceptors (Lipinski definition) is 6. The van der Waals surface area contributed by atoms with Crippen LogP contribution in [0.5, 0.6) is 0 Å². The van der Waals surface area contributed by atoms with Crippen LogP contribution < -0.4 is 5.32 Å². The van der Waals surface area contributed by atoms with E-state index in [2.05, 4.69) is 25.3 Å². The van der Waals surface area contributed by atoms with Gasteiger partial charge in [-0.15, -0.1) is 0 Å². The fraction of sp³-hybridized carbons (Fsp3) is 0.222. The van der Waals surface area contributed by atoms with Crippen molar-refractivity contribution in [3.63, 3.8) is 0 Å². The summed E-state index contributed by atoms with van der Waals surface area (Å²) in [7, 11) is 0. The summed E-state index contributed by atoms with van der Waals surface area (Å²) in [6, 6.07) is 0. The maximum absolute atomic E-state index is 10.9. The van der Waals surface area contributed by atoms with Gasteiger partial charge < -0.3 is 10.3 Å². The molecule has 0 atom stereocenters. The summed E-state index contributed by atoms with van der Waals surface area (Å²) < 4.78 is 0. The number of hydrogen-bond donors (Lipinski definition) is 2. The Hall–Kier alpha value is -2.22. The molecule has 2 aromatic rings. The Bertz CT molecular complexity index is 571. The minimum Gasteiger partial charge on any atom is -0.359 e. The second-order valence-corrected chi connectivity index (χ2v) is 3.80. The molecule has 0 saturated heterocycles. The molecule has 2 heterocycles. The van der Waals surface area contributed by atoms with E-state index in [4.69, 9.17) is 11.6 Å². The number of nitro groups is 1. The van der Waals surface area contributed by atoms with E-state index in [1.807, 2.05) is 0 Å². The molecule has 0 saturated carbocycles. The van der Waals surface area contributed by atoms with Crippen molar-refractivity contribution >= 4 is 23.1 Å². The zero-order valence-electron chi connectivity index (χ0n) is 9.35. The second-order valence-electron chi connectivity index (χ2n) is 3.46. The standard InChI is InChI=1S/C9H9ClN6O2/c1-5-7(16(17)18)8(15-9(10)14-5)12-3-6-2-11-4-13-6/h2,4H,3H2,1H3,(H,11,13)(H,12,14,15). The summed E-state index contributed by atoms with van der Waals surface area (Å²) in [6.45, 7) is 1.83. The molecule has 8 nitrogen and oxygen atoms in total. The zero-order chi connectivity index (χ0) is 13.1. The van der Waals surface area contributed by atoms with Gasteiger partial charge in [-0.25, -0.2) is 9.97 Å². The molecule has 94 valence electrons. The number of aryl methyl sites for hydroxylation is 1. The van der Waals surface area contributed by atoms with Crippen LogP contribution >= 0.6 is 11.6 Å². The third-order valence-electron chi connectivity index (χ3n) is 2.21. The van der Waals surface area contributed by atoms with Gasteiger partial charge in [0, 0.05) is 6.20 Å². The lowest BCUT2D eigenvalue weighted by atomic mass is 10.3. The van der Waals surface area contributed by atoms with E-state index in [0.29, 0.717) is 6.54 Å². The highest BCUT2D eigenvalue weighted by Gasteiger charge is 2.21. The van der Waals surface area contributed by atoms with Crippen LogP contribution in [0.15, 0.2) is 12.5 Å². The van der Waals surface area contributed by atoms with Crippen LogP contribution in [0.4, 0.5) is 11.5 Å².